The van der Waals surface area contributed by atoms with Gasteiger partial charge in [-0.1, -0.05) is 30.7 Å². The van der Waals surface area contributed by atoms with Gasteiger partial charge < -0.3 is 9.84 Å². The Balaban J connectivity index is 0.000000218. The van der Waals surface area contributed by atoms with Gasteiger partial charge >= 0.3 is 5.97 Å². The first-order chi connectivity index (χ1) is 15.8. The molecule has 0 spiro atoms. The van der Waals surface area contributed by atoms with Gasteiger partial charge in [-0.05, 0) is 96.1 Å². The summed E-state index contributed by atoms with van der Waals surface area (Å²) in [5.41, 5.74) is 3.67. The smallest absolute Gasteiger partial charge is 0.335 e. The minimum absolute atomic E-state index is 0.127. The molecule has 0 saturated carbocycles. The minimum atomic E-state index is -0.860. The van der Waals surface area contributed by atoms with E-state index in [1.807, 2.05) is 56.3 Å². The zero-order valence-corrected chi connectivity index (χ0v) is 21.3. The van der Waals surface area contributed by atoms with Crippen molar-refractivity contribution in [1.29, 1.82) is 0 Å². The first-order valence-electron chi connectivity index (χ1n) is 10.2. The number of hydrogen-bond donors (Lipinski definition) is 1. The lowest BCUT2D eigenvalue weighted by molar-refractivity contribution is 0.0696. The van der Waals surface area contributed by atoms with Crippen LogP contribution in [-0.2, 0) is 6.42 Å². The predicted molar refractivity (Wildman–Crippen MR) is 140 cm³/mol. The van der Waals surface area contributed by atoms with Gasteiger partial charge in [0.05, 0.1) is 28.8 Å². The van der Waals surface area contributed by atoms with E-state index in [1.165, 1.54) is 0 Å². The van der Waals surface area contributed by atoms with E-state index in [-0.39, 0.29) is 5.91 Å². The summed E-state index contributed by atoms with van der Waals surface area (Å²) in [5.74, 6) is -0.218. The number of halogens is 2. The lowest BCUT2D eigenvalue weighted by atomic mass is 10.1. The normalized spacial score (nSPS) is 10.5. The average molecular weight is 576 g/mol. The number of aromatic carboxylic acids is 1. The molecule has 5 nitrogen and oxygen atoms in total. The zero-order valence-electron chi connectivity index (χ0n) is 18.4. The maximum atomic E-state index is 12.8. The van der Waals surface area contributed by atoms with E-state index < -0.39 is 5.97 Å². The number of fused-ring (bicyclic) bond motifs is 1. The minimum Gasteiger partial charge on any atom is -0.497 e. The summed E-state index contributed by atoms with van der Waals surface area (Å²) in [5, 5.41) is 10.1. The van der Waals surface area contributed by atoms with Crippen LogP contribution in [0.1, 0.15) is 38.9 Å². The van der Waals surface area contributed by atoms with Crippen LogP contribution in [0.5, 0.6) is 5.75 Å². The molecule has 0 bridgehead atoms. The highest BCUT2D eigenvalue weighted by molar-refractivity contribution is 14.1. The number of ether oxygens (including phenoxy) is 1. The van der Waals surface area contributed by atoms with Gasteiger partial charge in [-0.3, -0.25) is 9.36 Å². The Morgan fingerprint density at radius 3 is 2.42 bits per heavy atom. The van der Waals surface area contributed by atoms with Gasteiger partial charge in [-0.15, -0.1) is 0 Å². The second-order valence-electron chi connectivity index (χ2n) is 7.30. The van der Waals surface area contributed by atoms with Gasteiger partial charge in [0.15, 0.2) is 0 Å². The molecule has 0 aliphatic rings. The second-order valence-corrected chi connectivity index (χ2v) is 8.87. The second kappa shape index (κ2) is 10.9. The summed E-state index contributed by atoms with van der Waals surface area (Å²) in [6.45, 7) is 3.92. The number of benzene rings is 3. The van der Waals surface area contributed by atoms with Gasteiger partial charge in [-0.2, -0.15) is 0 Å². The van der Waals surface area contributed by atoms with Crippen molar-refractivity contribution in [3.8, 4) is 5.75 Å². The van der Waals surface area contributed by atoms with Gasteiger partial charge in [0.25, 0.3) is 5.91 Å². The number of carboxylic acids is 1. The Labute approximate surface area is 211 Å². The van der Waals surface area contributed by atoms with Gasteiger partial charge in [0.2, 0.25) is 0 Å². The fourth-order valence-corrected chi connectivity index (χ4v) is 4.40. The van der Waals surface area contributed by atoms with E-state index in [0.717, 1.165) is 37.9 Å². The lowest BCUT2D eigenvalue weighted by Gasteiger charge is -2.08. The van der Waals surface area contributed by atoms with Crippen molar-refractivity contribution < 1.29 is 19.4 Å². The molecule has 4 aromatic rings. The van der Waals surface area contributed by atoms with Gasteiger partial charge in [0, 0.05) is 14.7 Å². The van der Waals surface area contributed by atoms with Crippen LogP contribution < -0.4 is 4.74 Å². The van der Waals surface area contributed by atoms with Crippen LogP contribution in [0.2, 0.25) is 5.02 Å². The highest BCUT2D eigenvalue weighted by Gasteiger charge is 2.17. The number of carbonyl (C=O) groups is 2. The SMILES string of the molecule is CCc1cc(C(=O)O)ccc1I.COc1ccc2c(c1)cc(C)n2C(=O)c1ccccc1Cl. The molecular weight excluding hydrogens is 553 g/mol. The molecule has 0 aliphatic heterocycles. The molecule has 170 valence electrons. The summed E-state index contributed by atoms with van der Waals surface area (Å²) >= 11 is 8.34. The highest BCUT2D eigenvalue weighted by atomic mass is 127. The summed E-state index contributed by atoms with van der Waals surface area (Å²) in [6, 6.07) is 19.9. The molecule has 0 saturated heterocycles. The average Bonchev–Trinajstić information content (AvgIpc) is 3.14. The highest BCUT2D eigenvalue weighted by Crippen LogP contribution is 2.26. The quantitative estimate of drug-likeness (QED) is 0.270. The lowest BCUT2D eigenvalue weighted by Crippen LogP contribution is -2.13. The molecule has 0 fully saturated rings. The molecule has 1 heterocycles. The van der Waals surface area contributed by atoms with E-state index >= 15 is 0 Å². The summed E-state index contributed by atoms with van der Waals surface area (Å²) in [7, 11) is 1.62. The number of methoxy groups -OCH3 is 1. The van der Waals surface area contributed by atoms with Crippen molar-refractivity contribution >= 4 is 57.0 Å². The van der Waals surface area contributed by atoms with Crippen LogP contribution in [0.25, 0.3) is 10.9 Å². The maximum absolute atomic E-state index is 12.8. The molecule has 0 radical (unpaired) electrons. The summed E-state index contributed by atoms with van der Waals surface area (Å²) in [4.78, 5) is 23.3. The Morgan fingerprint density at radius 2 is 1.79 bits per heavy atom. The zero-order chi connectivity index (χ0) is 24.1. The van der Waals surface area contributed by atoms with Gasteiger partial charge in [0.1, 0.15) is 5.75 Å². The third kappa shape index (κ3) is 5.57. The molecular formula is C26H23ClINO4. The molecule has 4 rings (SSSR count). The first kappa shape index (κ1) is 24.8. The molecule has 33 heavy (non-hydrogen) atoms. The first-order valence-corrected chi connectivity index (χ1v) is 11.7. The third-order valence-electron chi connectivity index (χ3n) is 5.17. The molecule has 0 amide bonds. The topological polar surface area (TPSA) is 68.5 Å². The maximum Gasteiger partial charge on any atom is 0.335 e. The fraction of sp³-hybridized carbons (Fsp3) is 0.154. The van der Waals surface area contributed by atoms with Crippen LogP contribution in [0.3, 0.4) is 0 Å². The molecule has 1 N–H and O–H groups in total. The van der Waals surface area contributed by atoms with E-state index in [0.29, 0.717) is 16.1 Å². The van der Waals surface area contributed by atoms with E-state index in [9.17, 15) is 9.59 Å². The van der Waals surface area contributed by atoms with Crippen molar-refractivity contribution in [2.24, 2.45) is 0 Å². The fourth-order valence-electron chi connectivity index (χ4n) is 3.46. The Morgan fingerprint density at radius 1 is 1.06 bits per heavy atom. The van der Waals surface area contributed by atoms with Crippen LogP contribution >= 0.6 is 34.2 Å². The van der Waals surface area contributed by atoms with Crippen LogP contribution in [0, 0.1) is 10.5 Å². The Hall–Kier alpha value is -2.84. The standard InChI is InChI=1S/C17H14ClNO2.C9H9IO2/c1-11-9-12-10-13(21-2)7-8-16(12)19(11)17(20)14-5-3-4-6-15(14)18;1-2-6-5-7(9(11)12)3-4-8(6)10/h3-10H,1-2H3;3-5H,2H2,1H3,(H,11,12). The number of rotatable bonds is 4. The Kier molecular flexibility index (Phi) is 8.15. The Bertz CT molecular complexity index is 1330. The molecule has 1 aromatic heterocycles. The number of carbonyl (C=O) groups excluding carboxylic acids is 1. The largest absolute Gasteiger partial charge is 0.497 e. The van der Waals surface area contributed by atoms with E-state index in [2.05, 4.69) is 22.6 Å². The number of carboxylic acid groups (broad SMARTS) is 1. The predicted octanol–water partition coefficient (Wildman–Crippen LogP) is 6.85. The molecule has 3 aromatic carbocycles. The van der Waals surface area contributed by atoms with Gasteiger partial charge in [-0.25, -0.2) is 4.79 Å². The van der Waals surface area contributed by atoms with Crippen LogP contribution in [0.15, 0.2) is 66.7 Å². The molecule has 0 atom stereocenters. The summed E-state index contributed by atoms with van der Waals surface area (Å²) in [6.07, 6.45) is 0.874. The molecule has 0 unspecified atom stereocenters. The molecule has 7 heteroatoms. The molecule has 0 aliphatic carbocycles. The number of aryl methyl sites for hydroxylation is 2. The van der Waals surface area contributed by atoms with Crippen molar-refractivity contribution in [1.82, 2.24) is 4.57 Å². The van der Waals surface area contributed by atoms with Crippen molar-refractivity contribution in [2.75, 3.05) is 7.11 Å². The van der Waals surface area contributed by atoms with E-state index in [1.54, 1.807) is 35.9 Å². The van der Waals surface area contributed by atoms with Crippen molar-refractivity contribution in [3.63, 3.8) is 0 Å². The third-order valence-corrected chi connectivity index (χ3v) is 6.56. The van der Waals surface area contributed by atoms with Crippen LogP contribution in [0.4, 0.5) is 0 Å². The summed E-state index contributed by atoms with van der Waals surface area (Å²) < 4.78 is 8.02. The van der Waals surface area contributed by atoms with Crippen LogP contribution in [-0.4, -0.2) is 28.7 Å². The van der Waals surface area contributed by atoms with E-state index in [4.69, 9.17) is 21.4 Å². The number of hydrogen-bond acceptors (Lipinski definition) is 3. The monoisotopic (exact) mass is 575 g/mol. The number of nitrogens with zero attached hydrogens (tertiary/aromatic N) is 1. The van der Waals surface area contributed by atoms with Crippen molar-refractivity contribution in [3.05, 3.63) is 97.7 Å². The van der Waals surface area contributed by atoms with Crippen molar-refractivity contribution in [2.45, 2.75) is 20.3 Å². The number of aromatic nitrogens is 1.